The van der Waals surface area contributed by atoms with Gasteiger partial charge in [-0.3, -0.25) is 4.79 Å². The van der Waals surface area contributed by atoms with Gasteiger partial charge in [-0.15, -0.1) is 0 Å². The molecule has 2 aromatic rings. The van der Waals surface area contributed by atoms with Gasteiger partial charge in [0.25, 0.3) is 5.91 Å². The zero-order chi connectivity index (χ0) is 21.1. The number of hydrogen-bond acceptors (Lipinski definition) is 5. The first-order chi connectivity index (χ1) is 14.4. The summed E-state index contributed by atoms with van der Waals surface area (Å²) in [5.74, 6) is 0.742. The molecule has 2 aliphatic heterocycles. The molecule has 0 unspecified atom stereocenters. The van der Waals surface area contributed by atoms with Crippen LogP contribution in [-0.2, 0) is 4.74 Å². The average molecular weight is 415 g/mol. The van der Waals surface area contributed by atoms with E-state index in [1.54, 1.807) is 0 Å². The second kappa shape index (κ2) is 9.04. The van der Waals surface area contributed by atoms with Crippen molar-refractivity contribution in [2.75, 3.05) is 39.4 Å². The minimum atomic E-state index is -0.600. The molecular weight excluding hydrogens is 380 g/mol. The summed E-state index contributed by atoms with van der Waals surface area (Å²) >= 11 is 0. The van der Waals surface area contributed by atoms with Gasteiger partial charge < -0.3 is 24.5 Å². The molecule has 164 valence electrons. The molecule has 2 aromatic heterocycles. The fourth-order valence-electron chi connectivity index (χ4n) is 4.49. The normalized spacial score (nSPS) is 20.7. The summed E-state index contributed by atoms with van der Waals surface area (Å²) in [6.45, 7) is 8.87. The number of imidazole rings is 1. The Balaban J connectivity index is 1.28. The Morgan fingerprint density at radius 1 is 1.33 bits per heavy atom. The van der Waals surface area contributed by atoms with Crippen molar-refractivity contribution in [1.82, 2.24) is 19.6 Å². The number of carbonyl (C=O) groups is 1. The van der Waals surface area contributed by atoms with Crippen molar-refractivity contribution in [2.24, 2.45) is 5.92 Å². The van der Waals surface area contributed by atoms with Gasteiger partial charge in [0, 0.05) is 51.5 Å². The van der Waals surface area contributed by atoms with E-state index in [0.717, 1.165) is 56.7 Å². The lowest BCUT2D eigenvalue weighted by Crippen LogP contribution is -2.49. The molecule has 1 amide bonds. The Bertz CT molecular complexity index is 864. The molecule has 0 aliphatic carbocycles. The van der Waals surface area contributed by atoms with Crippen molar-refractivity contribution >= 4 is 11.6 Å². The van der Waals surface area contributed by atoms with Crippen LogP contribution in [0.1, 0.15) is 61.5 Å². The van der Waals surface area contributed by atoms with Crippen LogP contribution in [0.25, 0.3) is 5.65 Å². The molecular formula is C23H34N4O3. The number of carbonyl (C=O) groups excluding carboxylic acids is 1. The number of likely N-dealkylation sites (tertiary alicyclic amines) is 1. The topological polar surface area (TPSA) is 79.1 Å². The molecule has 0 radical (unpaired) electrons. The highest BCUT2D eigenvalue weighted by Gasteiger charge is 2.33. The second-order valence-corrected chi connectivity index (χ2v) is 9.24. The van der Waals surface area contributed by atoms with Gasteiger partial charge in [0.2, 0.25) is 0 Å². The van der Waals surface area contributed by atoms with Crippen LogP contribution in [0.4, 0.5) is 0 Å². The van der Waals surface area contributed by atoms with E-state index >= 15 is 0 Å². The quantitative estimate of drug-likeness (QED) is 0.759. The molecule has 2 saturated heterocycles. The number of aliphatic hydroxyl groups is 1. The molecule has 0 bridgehead atoms. The third-order valence-corrected chi connectivity index (χ3v) is 6.54. The SMILES string of the molecule is CC(C)c1cn2cccc(C(=O)NCC3CCN(CC4(O)CCOCC4)CC3)c2n1. The van der Waals surface area contributed by atoms with E-state index < -0.39 is 5.60 Å². The number of pyridine rings is 1. The maximum absolute atomic E-state index is 12.8. The number of amides is 1. The zero-order valence-corrected chi connectivity index (χ0v) is 18.1. The van der Waals surface area contributed by atoms with Gasteiger partial charge in [-0.05, 0) is 49.9 Å². The van der Waals surface area contributed by atoms with Gasteiger partial charge in [-0.1, -0.05) is 13.8 Å². The summed E-state index contributed by atoms with van der Waals surface area (Å²) in [5.41, 5.74) is 1.74. The Morgan fingerprint density at radius 2 is 2.07 bits per heavy atom. The van der Waals surface area contributed by atoms with Crippen LogP contribution in [0, 0.1) is 5.92 Å². The lowest BCUT2D eigenvalue weighted by atomic mass is 9.91. The lowest BCUT2D eigenvalue weighted by Gasteiger charge is -2.39. The Morgan fingerprint density at radius 3 is 2.77 bits per heavy atom. The number of β-amino-alcohol motifs (C(OH)–C–C–N with tert-alkyl or cyclic N) is 1. The maximum Gasteiger partial charge on any atom is 0.255 e. The van der Waals surface area contributed by atoms with E-state index in [2.05, 4.69) is 29.0 Å². The largest absolute Gasteiger partial charge is 0.388 e. The van der Waals surface area contributed by atoms with Crippen molar-refractivity contribution in [3.63, 3.8) is 0 Å². The van der Waals surface area contributed by atoms with Crippen LogP contribution >= 0.6 is 0 Å². The minimum Gasteiger partial charge on any atom is -0.388 e. The molecule has 0 atom stereocenters. The second-order valence-electron chi connectivity index (χ2n) is 9.24. The highest BCUT2D eigenvalue weighted by Crippen LogP contribution is 2.25. The molecule has 7 heteroatoms. The smallest absolute Gasteiger partial charge is 0.255 e. The van der Waals surface area contributed by atoms with Gasteiger partial charge in [0.1, 0.15) is 5.65 Å². The van der Waals surface area contributed by atoms with Gasteiger partial charge >= 0.3 is 0 Å². The number of hydrogen-bond donors (Lipinski definition) is 2. The van der Waals surface area contributed by atoms with Gasteiger partial charge in [-0.2, -0.15) is 0 Å². The van der Waals surface area contributed by atoms with Crippen molar-refractivity contribution < 1.29 is 14.6 Å². The number of nitrogens with zero attached hydrogens (tertiary/aromatic N) is 3. The monoisotopic (exact) mass is 414 g/mol. The third kappa shape index (κ3) is 4.85. The summed E-state index contributed by atoms with van der Waals surface area (Å²) < 4.78 is 7.31. The van der Waals surface area contributed by atoms with E-state index in [4.69, 9.17) is 4.74 Å². The summed E-state index contributed by atoms with van der Waals surface area (Å²) in [6.07, 6.45) is 7.46. The number of rotatable bonds is 6. The fraction of sp³-hybridized carbons (Fsp3) is 0.652. The zero-order valence-electron chi connectivity index (χ0n) is 18.1. The number of nitrogens with one attached hydrogen (secondary N) is 1. The predicted molar refractivity (Wildman–Crippen MR) is 116 cm³/mol. The van der Waals surface area contributed by atoms with Crippen LogP contribution in [0.5, 0.6) is 0 Å². The van der Waals surface area contributed by atoms with Crippen LogP contribution < -0.4 is 5.32 Å². The fourth-order valence-corrected chi connectivity index (χ4v) is 4.49. The van der Waals surface area contributed by atoms with E-state index in [0.29, 0.717) is 37.2 Å². The van der Waals surface area contributed by atoms with Crippen molar-refractivity contribution in [3.8, 4) is 0 Å². The molecule has 2 N–H and O–H groups in total. The van der Waals surface area contributed by atoms with Crippen LogP contribution in [0.2, 0.25) is 0 Å². The number of fused-ring (bicyclic) bond motifs is 1. The average Bonchev–Trinajstić information content (AvgIpc) is 3.18. The standard InChI is InChI=1S/C23H34N4O3/c1-17(2)20-15-27-9-3-4-19(21(27)25-20)22(28)24-14-18-5-10-26(11-6-18)16-23(29)7-12-30-13-8-23/h3-4,9,15,17-18,29H,5-8,10-14,16H2,1-2H3,(H,24,28). The first-order valence-electron chi connectivity index (χ1n) is 11.2. The van der Waals surface area contributed by atoms with Crippen LogP contribution in [-0.4, -0.2) is 70.3 Å². The van der Waals surface area contributed by atoms with Crippen molar-refractivity contribution in [3.05, 3.63) is 35.8 Å². The Hall–Kier alpha value is -1.96. The Labute approximate surface area is 178 Å². The highest BCUT2D eigenvalue weighted by atomic mass is 16.5. The molecule has 7 nitrogen and oxygen atoms in total. The van der Waals surface area contributed by atoms with E-state index in [-0.39, 0.29) is 5.91 Å². The van der Waals surface area contributed by atoms with E-state index in [1.165, 1.54) is 0 Å². The van der Waals surface area contributed by atoms with Crippen molar-refractivity contribution in [1.29, 1.82) is 0 Å². The minimum absolute atomic E-state index is 0.0551. The molecule has 2 aliphatic rings. The number of aromatic nitrogens is 2. The van der Waals surface area contributed by atoms with Crippen LogP contribution in [0.15, 0.2) is 24.5 Å². The summed E-state index contributed by atoms with van der Waals surface area (Å²) in [7, 11) is 0. The molecule has 4 heterocycles. The summed E-state index contributed by atoms with van der Waals surface area (Å²) in [4.78, 5) is 19.9. The van der Waals surface area contributed by atoms with E-state index in [9.17, 15) is 9.90 Å². The van der Waals surface area contributed by atoms with E-state index in [1.807, 2.05) is 28.9 Å². The van der Waals surface area contributed by atoms with Gasteiger partial charge in [-0.25, -0.2) is 4.98 Å². The molecule has 0 saturated carbocycles. The van der Waals surface area contributed by atoms with Crippen molar-refractivity contribution in [2.45, 2.75) is 51.0 Å². The Kier molecular flexibility index (Phi) is 6.41. The molecule has 4 rings (SSSR count). The summed E-state index contributed by atoms with van der Waals surface area (Å²) in [6, 6.07) is 3.74. The first kappa shape index (κ1) is 21.3. The van der Waals surface area contributed by atoms with Gasteiger partial charge in [0.05, 0.1) is 16.9 Å². The molecule has 0 aromatic carbocycles. The highest BCUT2D eigenvalue weighted by molar-refractivity contribution is 5.99. The number of ether oxygens (including phenoxy) is 1. The molecule has 30 heavy (non-hydrogen) atoms. The predicted octanol–water partition coefficient (Wildman–Crippen LogP) is 2.44. The van der Waals surface area contributed by atoms with Crippen LogP contribution in [0.3, 0.4) is 0 Å². The van der Waals surface area contributed by atoms with Gasteiger partial charge in [0.15, 0.2) is 0 Å². The molecule has 0 spiro atoms. The third-order valence-electron chi connectivity index (χ3n) is 6.54. The molecule has 2 fully saturated rings. The summed E-state index contributed by atoms with van der Waals surface area (Å²) in [5, 5.41) is 13.9. The number of piperidine rings is 1. The first-order valence-corrected chi connectivity index (χ1v) is 11.2. The maximum atomic E-state index is 12.8. The lowest BCUT2D eigenvalue weighted by molar-refractivity contribution is -0.0829.